The van der Waals surface area contributed by atoms with E-state index in [9.17, 15) is 28.8 Å². The van der Waals surface area contributed by atoms with Gasteiger partial charge in [-0.1, -0.05) is 31.9 Å². The van der Waals surface area contributed by atoms with Crippen LogP contribution in [0.4, 0.5) is 5.82 Å². The van der Waals surface area contributed by atoms with Gasteiger partial charge in [0.1, 0.15) is 22.8 Å². The van der Waals surface area contributed by atoms with Crippen LogP contribution in [-0.4, -0.2) is 96.8 Å². The van der Waals surface area contributed by atoms with E-state index in [2.05, 4.69) is 25.3 Å². The van der Waals surface area contributed by atoms with Crippen molar-refractivity contribution in [3.05, 3.63) is 42.6 Å². The summed E-state index contributed by atoms with van der Waals surface area (Å²) in [5.74, 6) is -0.601. The van der Waals surface area contributed by atoms with E-state index in [-0.39, 0.29) is 67.3 Å². The van der Waals surface area contributed by atoms with Crippen molar-refractivity contribution < 1.29 is 47.4 Å². The Morgan fingerprint density at radius 1 is 0.833 bits per heavy atom. The Balaban J connectivity index is 1.01. The van der Waals surface area contributed by atoms with Crippen LogP contribution in [0.25, 0.3) is 33.6 Å². The molecule has 2 amide bonds. The number of morpholine rings is 1. The largest absolute Gasteiger partial charge is 0.469 e. The lowest BCUT2D eigenvalue weighted by atomic mass is 9.85. The molecule has 0 radical (unpaired) electrons. The third-order valence-corrected chi connectivity index (χ3v) is 10.6. The highest BCUT2D eigenvalue weighted by Gasteiger charge is 2.25. The Kier molecular flexibility index (Phi) is 17.5. The molecule has 1 aliphatic heterocycles. The van der Waals surface area contributed by atoms with Crippen LogP contribution in [0.5, 0.6) is 5.75 Å². The van der Waals surface area contributed by atoms with Crippen LogP contribution in [0.15, 0.2) is 47.0 Å². The first-order valence-electron chi connectivity index (χ1n) is 20.9. The van der Waals surface area contributed by atoms with E-state index in [1.165, 1.54) is 14.0 Å². The molecule has 5 rings (SSSR count). The second kappa shape index (κ2) is 23.1. The third-order valence-electron chi connectivity index (χ3n) is 10.6. The predicted octanol–water partition coefficient (Wildman–Crippen LogP) is 5.68. The number of benzene rings is 1. The summed E-state index contributed by atoms with van der Waals surface area (Å²) in [6.45, 7) is 6.72. The number of rotatable bonds is 24. The topological polar surface area (TPSA) is 209 Å². The van der Waals surface area contributed by atoms with Gasteiger partial charge in [0.25, 0.3) is 0 Å². The van der Waals surface area contributed by atoms with Crippen molar-refractivity contribution in [2.75, 3.05) is 51.4 Å². The molecule has 60 heavy (non-hydrogen) atoms. The summed E-state index contributed by atoms with van der Waals surface area (Å²) in [7, 11) is 1.28. The monoisotopic (exact) mass is 828 g/mol. The van der Waals surface area contributed by atoms with Crippen molar-refractivity contribution in [2.24, 2.45) is 11.8 Å². The van der Waals surface area contributed by atoms with E-state index in [1.807, 2.05) is 25.1 Å². The summed E-state index contributed by atoms with van der Waals surface area (Å²) in [5, 5.41) is 6.38. The molecule has 322 valence electrons. The minimum absolute atomic E-state index is 0.0242. The van der Waals surface area contributed by atoms with Gasteiger partial charge in [-0.15, -0.1) is 0 Å². The molecule has 3 aromatic heterocycles. The predicted molar refractivity (Wildman–Crippen MR) is 223 cm³/mol. The van der Waals surface area contributed by atoms with Gasteiger partial charge in [0, 0.05) is 69.0 Å². The van der Waals surface area contributed by atoms with Crippen molar-refractivity contribution >= 4 is 63.3 Å². The number of carbonyl (C=O) groups is 6. The van der Waals surface area contributed by atoms with Crippen LogP contribution in [0, 0.1) is 11.8 Å². The number of methoxy groups -OCH3 is 1. The number of amides is 2. The third kappa shape index (κ3) is 13.4. The lowest BCUT2D eigenvalue weighted by molar-refractivity contribution is -0.142. The van der Waals surface area contributed by atoms with Gasteiger partial charge in [-0.3, -0.25) is 28.8 Å². The van der Waals surface area contributed by atoms with Gasteiger partial charge in [0.05, 0.1) is 38.6 Å². The molecule has 4 heterocycles. The van der Waals surface area contributed by atoms with Crippen LogP contribution < -0.4 is 20.3 Å². The molecule has 0 spiro atoms. The van der Waals surface area contributed by atoms with Gasteiger partial charge in [0.2, 0.25) is 17.5 Å². The highest BCUT2D eigenvalue weighted by atomic mass is 16.5. The number of aromatic nitrogens is 3. The summed E-state index contributed by atoms with van der Waals surface area (Å²) >= 11 is 0. The van der Waals surface area contributed by atoms with Gasteiger partial charge < -0.3 is 34.2 Å². The highest BCUT2D eigenvalue weighted by Crippen LogP contribution is 2.35. The number of ketones is 2. The summed E-state index contributed by atoms with van der Waals surface area (Å²) < 4.78 is 21.8. The first kappa shape index (κ1) is 45.3. The number of Topliss-reactive ketones (excluding diaryl/α,β-unsaturated/α-hetero) is 2. The van der Waals surface area contributed by atoms with Gasteiger partial charge in [-0.25, -0.2) is 15.0 Å². The molecule has 4 aromatic rings. The number of esters is 2. The number of hydrogen-bond acceptors (Lipinski definition) is 14. The van der Waals surface area contributed by atoms with Crippen molar-refractivity contribution in [2.45, 2.75) is 90.9 Å². The fraction of sp³-hybridized carbons (Fsp3) is 0.523. The summed E-state index contributed by atoms with van der Waals surface area (Å²) in [4.78, 5) is 90.0. The van der Waals surface area contributed by atoms with Gasteiger partial charge in [-0.2, -0.15) is 0 Å². The quantitative estimate of drug-likeness (QED) is 0.0495. The first-order valence-corrected chi connectivity index (χ1v) is 20.9. The standard InChI is InChI=1S/C44H56N6O10/c1-4-30(35(52)28-31(29(2)51)12-6-8-21-45-36(53)16-18-38(55)57-3)11-5-7-20-46-37(54)17-19-39(56)59-33-14-9-13-32(27-33)42-48-40-34-15-10-22-47-44(34)60-41(40)43(49-42)50-23-25-58-26-24-50/h9-10,13-15,22,27,30-31H,4-8,11-12,16-21,23-26,28H2,1-3H3,(H,45,53)(H,46,54). The molecular formula is C44H56N6O10. The van der Waals surface area contributed by atoms with E-state index < -0.39 is 11.9 Å². The molecule has 1 aliphatic rings. The Labute approximate surface area is 349 Å². The van der Waals surface area contributed by atoms with E-state index in [0.717, 1.165) is 11.8 Å². The normalized spacial score (nSPS) is 13.8. The molecule has 0 saturated carbocycles. The van der Waals surface area contributed by atoms with Crippen molar-refractivity contribution in [3.63, 3.8) is 0 Å². The molecule has 2 unspecified atom stereocenters. The van der Waals surface area contributed by atoms with Gasteiger partial charge >= 0.3 is 11.9 Å². The van der Waals surface area contributed by atoms with E-state index in [0.29, 0.717) is 118 Å². The Morgan fingerprint density at radius 2 is 1.52 bits per heavy atom. The molecule has 1 aromatic carbocycles. The molecule has 2 atom stereocenters. The fourth-order valence-electron chi connectivity index (χ4n) is 7.11. The average Bonchev–Trinajstić information content (AvgIpc) is 3.64. The zero-order valence-corrected chi connectivity index (χ0v) is 34.8. The van der Waals surface area contributed by atoms with E-state index >= 15 is 0 Å². The lowest BCUT2D eigenvalue weighted by Gasteiger charge is -2.27. The number of furan rings is 1. The molecule has 16 nitrogen and oxygen atoms in total. The maximum atomic E-state index is 13.1. The molecule has 1 saturated heterocycles. The molecule has 1 fully saturated rings. The molecule has 0 bridgehead atoms. The van der Waals surface area contributed by atoms with Crippen LogP contribution in [0.3, 0.4) is 0 Å². The van der Waals surface area contributed by atoms with Crippen LogP contribution in [0.1, 0.15) is 90.9 Å². The van der Waals surface area contributed by atoms with Gasteiger partial charge in [-0.05, 0) is 63.3 Å². The number of ether oxygens (including phenoxy) is 3. The Bertz CT molecular complexity index is 2110. The number of unbranched alkanes of at least 4 members (excludes halogenated alkanes) is 2. The maximum absolute atomic E-state index is 13.1. The number of nitrogens with one attached hydrogen (secondary N) is 2. The summed E-state index contributed by atoms with van der Waals surface area (Å²) in [6.07, 6.45) is 6.42. The fourth-order valence-corrected chi connectivity index (χ4v) is 7.11. The zero-order valence-electron chi connectivity index (χ0n) is 34.8. The minimum Gasteiger partial charge on any atom is -0.469 e. The first-order chi connectivity index (χ1) is 29.1. The van der Waals surface area contributed by atoms with Gasteiger partial charge in [0.15, 0.2) is 17.2 Å². The summed E-state index contributed by atoms with van der Waals surface area (Å²) in [5.41, 5.74) is 2.29. The van der Waals surface area contributed by atoms with Crippen molar-refractivity contribution in [3.8, 4) is 17.1 Å². The smallest absolute Gasteiger partial charge is 0.311 e. The van der Waals surface area contributed by atoms with E-state index in [4.69, 9.17) is 23.9 Å². The number of fused-ring (bicyclic) bond motifs is 3. The molecule has 2 N–H and O–H groups in total. The number of hydrogen-bond donors (Lipinski definition) is 2. The van der Waals surface area contributed by atoms with Crippen LogP contribution in [0.2, 0.25) is 0 Å². The van der Waals surface area contributed by atoms with Crippen LogP contribution in [-0.2, 0) is 38.2 Å². The second-order valence-electron chi connectivity index (χ2n) is 15.0. The minimum atomic E-state index is -0.549. The molecule has 0 aliphatic carbocycles. The van der Waals surface area contributed by atoms with E-state index in [1.54, 1.807) is 24.4 Å². The molecule has 16 heteroatoms. The van der Waals surface area contributed by atoms with Crippen LogP contribution >= 0.6 is 0 Å². The Morgan fingerprint density at radius 3 is 2.18 bits per heavy atom. The second-order valence-corrected chi connectivity index (χ2v) is 15.0. The average molecular weight is 829 g/mol. The molecular weight excluding hydrogens is 773 g/mol. The maximum Gasteiger partial charge on any atom is 0.311 e. The number of nitrogens with zero attached hydrogens (tertiary/aromatic N) is 4. The summed E-state index contributed by atoms with van der Waals surface area (Å²) in [6, 6.07) is 10.7. The van der Waals surface area contributed by atoms with Crippen molar-refractivity contribution in [1.82, 2.24) is 25.6 Å². The number of carbonyl (C=O) groups excluding carboxylic acids is 6. The van der Waals surface area contributed by atoms with Crippen molar-refractivity contribution in [1.29, 1.82) is 0 Å². The SMILES string of the molecule is CCC(CCCCNC(=O)CCC(=O)Oc1cccc(-c2nc(N3CCOCC3)c3oc4ncccc4c3n2)c1)C(=O)CC(CCCCNC(=O)CCC(=O)OC)C(C)=O. The Hall–Kier alpha value is -5.77. The highest BCUT2D eigenvalue weighted by molar-refractivity contribution is 6.05. The number of pyridine rings is 1. The lowest BCUT2D eigenvalue weighted by Crippen LogP contribution is -2.37. The number of anilines is 1. The zero-order chi connectivity index (χ0) is 42.9.